The van der Waals surface area contributed by atoms with Gasteiger partial charge in [-0.3, -0.25) is 5.32 Å². The minimum atomic E-state index is -2.69. The SMILES string of the molecule is CCCCCC(F)(NC(=O)N1CCOCC1)C(=O)O. The van der Waals surface area contributed by atoms with Crippen LogP contribution in [0.25, 0.3) is 0 Å². The second-order valence-corrected chi connectivity index (χ2v) is 4.59. The number of alkyl halides is 1. The first-order valence-corrected chi connectivity index (χ1v) is 6.56. The monoisotopic (exact) mass is 276 g/mol. The first-order valence-electron chi connectivity index (χ1n) is 6.56. The van der Waals surface area contributed by atoms with Crippen LogP contribution in [0, 0.1) is 0 Å². The topological polar surface area (TPSA) is 78.9 Å². The van der Waals surface area contributed by atoms with Crippen molar-refractivity contribution in [1.29, 1.82) is 0 Å². The van der Waals surface area contributed by atoms with Gasteiger partial charge in [0.2, 0.25) is 0 Å². The summed E-state index contributed by atoms with van der Waals surface area (Å²) in [6.07, 6.45) is 1.79. The van der Waals surface area contributed by atoms with Crippen LogP contribution in [0.3, 0.4) is 0 Å². The van der Waals surface area contributed by atoms with Crippen LogP contribution in [0.4, 0.5) is 9.18 Å². The number of halogens is 1. The molecule has 1 aliphatic rings. The van der Waals surface area contributed by atoms with Crippen LogP contribution in [0.5, 0.6) is 0 Å². The average Bonchev–Trinajstić information content (AvgIpc) is 2.40. The molecule has 0 radical (unpaired) electrons. The van der Waals surface area contributed by atoms with Gasteiger partial charge in [0, 0.05) is 19.5 Å². The van der Waals surface area contributed by atoms with Gasteiger partial charge in [-0.2, -0.15) is 0 Å². The first-order chi connectivity index (χ1) is 8.99. The predicted molar refractivity (Wildman–Crippen MR) is 66.5 cm³/mol. The lowest BCUT2D eigenvalue weighted by molar-refractivity contribution is -0.153. The van der Waals surface area contributed by atoms with E-state index in [4.69, 9.17) is 9.84 Å². The van der Waals surface area contributed by atoms with Crippen molar-refractivity contribution in [3.05, 3.63) is 0 Å². The number of urea groups is 1. The molecule has 0 saturated carbocycles. The fourth-order valence-corrected chi connectivity index (χ4v) is 1.86. The molecule has 0 spiro atoms. The number of amides is 2. The van der Waals surface area contributed by atoms with E-state index in [1.807, 2.05) is 12.2 Å². The zero-order chi connectivity index (χ0) is 14.3. The van der Waals surface area contributed by atoms with Crippen LogP contribution >= 0.6 is 0 Å². The Balaban J connectivity index is 2.55. The Morgan fingerprint density at radius 3 is 2.53 bits per heavy atom. The number of rotatable bonds is 6. The zero-order valence-corrected chi connectivity index (χ0v) is 11.2. The van der Waals surface area contributed by atoms with Crippen molar-refractivity contribution >= 4 is 12.0 Å². The van der Waals surface area contributed by atoms with Crippen LogP contribution < -0.4 is 5.32 Å². The molecule has 0 aromatic rings. The smallest absolute Gasteiger partial charge is 0.362 e. The Morgan fingerprint density at radius 2 is 2.00 bits per heavy atom. The van der Waals surface area contributed by atoms with Gasteiger partial charge < -0.3 is 14.7 Å². The molecule has 1 aliphatic heterocycles. The zero-order valence-electron chi connectivity index (χ0n) is 11.2. The Bertz CT molecular complexity index is 321. The highest BCUT2D eigenvalue weighted by Gasteiger charge is 2.40. The summed E-state index contributed by atoms with van der Waals surface area (Å²) < 4.78 is 19.3. The van der Waals surface area contributed by atoms with E-state index in [0.717, 1.165) is 12.8 Å². The van der Waals surface area contributed by atoms with Crippen molar-refractivity contribution in [3.63, 3.8) is 0 Å². The second-order valence-electron chi connectivity index (χ2n) is 4.59. The summed E-state index contributed by atoms with van der Waals surface area (Å²) in [6, 6.07) is -0.690. The van der Waals surface area contributed by atoms with Gasteiger partial charge in [0.15, 0.2) is 0 Å². The Morgan fingerprint density at radius 1 is 1.37 bits per heavy atom. The van der Waals surface area contributed by atoms with Crippen molar-refractivity contribution in [2.75, 3.05) is 26.3 Å². The summed E-state index contributed by atoms with van der Waals surface area (Å²) in [7, 11) is 0. The molecule has 19 heavy (non-hydrogen) atoms. The number of carboxylic acids is 1. The van der Waals surface area contributed by atoms with Crippen LogP contribution in [0.2, 0.25) is 0 Å². The van der Waals surface area contributed by atoms with Crippen molar-refractivity contribution in [2.45, 2.75) is 38.4 Å². The molecule has 7 heteroatoms. The fraction of sp³-hybridized carbons (Fsp3) is 0.833. The molecular weight excluding hydrogens is 255 g/mol. The molecule has 0 aromatic heterocycles. The highest BCUT2D eigenvalue weighted by Crippen LogP contribution is 2.18. The molecule has 2 amide bonds. The van der Waals surface area contributed by atoms with Crippen molar-refractivity contribution in [1.82, 2.24) is 10.2 Å². The minimum Gasteiger partial charge on any atom is -0.477 e. The molecule has 0 aliphatic carbocycles. The molecular formula is C12H21FN2O4. The van der Waals surface area contributed by atoms with Gasteiger partial charge in [-0.05, 0) is 6.42 Å². The average molecular weight is 276 g/mol. The number of ether oxygens (including phenoxy) is 1. The van der Waals surface area contributed by atoms with E-state index in [1.165, 1.54) is 4.90 Å². The number of carboxylic acid groups (broad SMARTS) is 1. The van der Waals surface area contributed by atoms with E-state index in [2.05, 4.69) is 0 Å². The number of nitrogens with one attached hydrogen (secondary N) is 1. The molecule has 1 fully saturated rings. The van der Waals surface area contributed by atoms with Gasteiger partial charge in [0.1, 0.15) is 0 Å². The highest BCUT2D eigenvalue weighted by atomic mass is 19.1. The van der Waals surface area contributed by atoms with E-state index in [9.17, 15) is 14.0 Å². The molecule has 1 atom stereocenters. The number of unbranched alkanes of at least 4 members (excludes halogenated alkanes) is 2. The summed E-state index contributed by atoms with van der Waals surface area (Å²) in [5.41, 5.74) is 0. The fourth-order valence-electron chi connectivity index (χ4n) is 1.86. The maximum Gasteiger partial charge on any atom is 0.362 e. The van der Waals surface area contributed by atoms with E-state index in [0.29, 0.717) is 32.7 Å². The molecule has 0 aromatic carbocycles. The Labute approximate surface area is 111 Å². The number of morpholine rings is 1. The quantitative estimate of drug-likeness (QED) is 0.567. The molecule has 1 saturated heterocycles. The summed E-state index contributed by atoms with van der Waals surface area (Å²) in [6.45, 7) is 3.39. The number of carbonyl (C=O) groups is 2. The summed E-state index contributed by atoms with van der Waals surface area (Å²) >= 11 is 0. The number of aliphatic carboxylic acids is 1. The van der Waals surface area contributed by atoms with Gasteiger partial charge in [0.25, 0.3) is 5.79 Å². The van der Waals surface area contributed by atoms with Gasteiger partial charge >= 0.3 is 12.0 Å². The number of nitrogens with zero attached hydrogens (tertiary/aromatic N) is 1. The maximum atomic E-state index is 14.3. The molecule has 1 unspecified atom stereocenters. The minimum absolute atomic E-state index is 0.216. The van der Waals surface area contributed by atoms with Crippen molar-refractivity contribution in [2.24, 2.45) is 0 Å². The van der Waals surface area contributed by atoms with Crippen LogP contribution in [0.1, 0.15) is 32.6 Å². The second kappa shape index (κ2) is 7.28. The predicted octanol–water partition coefficient (Wildman–Crippen LogP) is 1.36. The lowest BCUT2D eigenvalue weighted by atomic mass is 10.1. The van der Waals surface area contributed by atoms with Crippen LogP contribution in [-0.4, -0.2) is 54.1 Å². The molecule has 6 nitrogen and oxygen atoms in total. The van der Waals surface area contributed by atoms with Crippen molar-refractivity contribution in [3.8, 4) is 0 Å². The molecule has 0 bridgehead atoms. The Kier molecular flexibility index (Phi) is 6.01. The highest BCUT2D eigenvalue weighted by molar-refractivity contribution is 5.84. The van der Waals surface area contributed by atoms with E-state index >= 15 is 0 Å². The van der Waals surface area contributed by atoms with Crippen LogP contribution in [0.15, 0.2) is 0 Å². The van der Waals surface area contributed by atoms with Gasteiger partial charge in [-0.1, -0.05) is 19.8 Å². The van der Waals surface area contributed by atoms with E-state index in [-0.39, 0.29) is 6.42 Å². The summed E-state index contributed by atoms with van der Waals surface area (Å²) in [5.74, 6) is -4.34. The number of carbonyl (C=O) groups excluding carboxylic acids is 1. The number of hydrogen-bond donors (Lipinski definition) is 2. The first kappa shape index (κ1) is 15.7. The molecule has 2 N–H and O–H groups in total. The Hall–Kier alpha value is -1.37. The summed E-state index contributed by atoms with van der Waals surface area (Å²) in [4.78, 5) is 24.2. The molecule has 1 rings (SSSR count). The van der Waals surface area contributed by atoms with E-state index in [1.54, 1.807) is 0 Å². The lowest BCUT2D eigenvalue weighted by Gasteiger charge is -2.30. The van der Waals surface area contributed by atoms with Gasteiger partial charge in [-0.25, -0.2) is 14.0 Å². The van der Waals surface area contributed by atoms with Gasteiger partial charge in [-0.15, -0.1) is 0 Å². The third-order valence-electron chi connectivity index (χ3n) is 3.07. The number of hydrogen-bond acceptors (Lipinski definition) is 3. The van der Waals surface area contributed by atoms with E-state index < -0.39 is 17.8 Å². The normalized spacial score (nSPS) is 18.7. The standard InChI is InChI=1S/C12H21FN2O4/c1-2-3-4-5-12(13,10(16)17)14-11(18)15-6-8-19-9-7-15/h2-9H2,1H3,(H,14,18)(H,16,17). The molecule has 1 heterocycles. The molecule has 110 valence electrons. The van der Waals surface area contributed by atoms with Crippen molar-refractivity contribution < 1.29 is 23.8 Å². The third kappa shape index (κ3) is 4.66. The van der Waals surface area contributed by atoms with Gasteiger partial charge in [0.05, 0.1) is 13.2 Å². The third-order valence-corrected chi connectivity index (χ3v) is 3.07. The maximum absolute atomic E-state index is 14.3. The van der Waals surface area contributed by atoms with Crippen LogP contribution in [-0.2, 0) is 9.53 Å². The lowest BCUT2D eigenvalue weighted by Crippen LogP contribution is -2.56. The summed E-state index contributed by atoms with van der Waals surface area (Å²) in [5, 5.41) is 10.9. The largest absolute Gasteiger partial charge is 0.477 e.